The van der Waals surface area contributed by atoms with E-state index >= 15 is 0 Å². The molecule has 1 fully saturated rings. The first-order chi connectivity index (χ1) is 9.49. The van der Waals surface area contributed by atoms with Crippen molar-refractivity contribution in [3.8, 4) is 0 Å². The van der Waals surface area contributed by atoms with Gasteiger partial charge >= 0.3 is 0 Å². The Hall–Kier alpha value is -1.15. The van der Waals surface area contributed by atoms with Gasteiger partial charge in [0.05, 0.1) is 6.04 Å². The van der Waals surface area contributed by atoms with E-state index in [0.717, 1.165) is 18.0 Å². The molecule has 0 heterocycles. The molecular weight excluding hydrogens is 246 g/mol. The highest BCUT2D eigenvalue weighted by atomic mass is 16.1. The number of rotatable bonds is 5. The number of benzene rings is 1. The van der Waals surface area contributed by atoms with Gasteiger partial charge in [0.25, 0.3) is 0 Å². The van der Waals surface area contributed by atoms with Gasteiger partial charge in [0, 0.05) is 12.1 Å². The second-order valence-corrected chi connectivity index (χ2v) is 6.43. The average molecular weight is 273 g/mol. The van der Waals surface area contributed by atoms with Gasteiger partial charge in [-0.1, -0.05) is 25.0 Å². The fourth-order valence-electron chi connectivity index (χ4n) is 3.09. The molecule has 1 aliphatic carbocycles. The van der Waals surface area contributed by atoms with E-state index < -0.39 is 0 Å². The fourth-order valence-corrected chi connectivity index (χ4v) is 3.09. The number of hydrogen-bond donors (Lipinski definition) is 0. The Morgan fingerprint density at radius 3 is 2.50 bits per heavy atom. The number of aryl methyl sites for hydroxylation is 2. The lowest BCUT2D eigenvalue weighted by molar-refractivity contribution is 0.0852. The van der Waals surface area contributed by atoms with E-state index in [-0.39, 0.29) is 11.8 Å². The van der Waals surface area contributed by atoms with Gasteiger partial charge in [-0.05, 0) is 63.8 Å². The van der Waals surface area contributed by atoms with Gasteiger partial charge in [0.2, 0.25) is 0 Å². The molecule has 0 radical (unpaired) electrons. The molecule has 0 spiro atoms. The van der Waals surface area contributed by atoms with E-state index in [0.29, 0.717) is 0 Å². The summed E-state index contributed by atoms with van der Waals surface area (Å²) in [7, 11) is 2.09. The first-order valence-electron chi connectivity index (χ1n) is 7.80. The molecule has 1 atom stereocenters. The van der Waals surface area contributed by atoms with Gasteiger partial charge in [-0.2, -0.15) is 0 Å². The molecule has 2 nitrogen and oxygen atoms in total. The molecule has 2 heteroatoms. The third-order valence-electron chi connectivity index (χ3n) is 4.85. The normalized spacial score (nSPS) is 17.6. The van der Waals surface area contributed by atoms with Crippen molar-refractivity contribution >= 4 is 5.78 Å². The maximum Gasteiger partial charge on any atom is 0.179 e. The average Bonchev–Trinajstić information content (AvgIpc) is 2.93. The number of carbonyl (C=O) groups is 1. The summed E-state index contributed by atoms with van der Waals surface area (Å²) < 4.78 is 0. The van der Waals surface area contributed by atoms with Gasteiger partial charge in [0.15, 0.2) is 5.78 Å². The molecule has 0 bridgehead atoms. The number of likely N-dealkylation sites (N-methyl/N-ethyl adjacent to an activating group) is 1. The van der Waals surface area contributed by atoms with Crippen molar-refractivity contribution in [2.75, 3.05) is 13.6 Å². The van der Waals surface area contributed by atoms with Crippen LogP contribution in [0.15, 0.2) is 18.2 Å². The lowest BCUT2D eigenvalue weighted by Crippen LogP contribution is -2.38. The minimum absolute atomic E-state index is 0.0299. The number of carbonyl (C=O) groups excluding carboxylic acids is 1. The number of nitrogens with zero attached hydrogens (tertiary/aromatic N) is 1. The third kappa shape index (κ3) is 3.49. The van der Waals surface area contributed by atoms with Crippen molar-refractivity contribution in [3.05, 3.63) is 34.9 Å². The van der Waals surface area contributed by atoms with Crippen LogP contribution < -0.4 is 0 Å². The molecule has 1 aromatic carbocycles. The van der Waals surface area contributed by atoms with E-state index in [1.807, 2.05) is 25.1 Å². The maximum absolute atomic E-state index is 12.6. The molecule has 0 aliphatic heterocycles. The fraction of sp³-hybridized carbons (Fsp3) is 0.611. The molecule has 0 N–H and O–H groups in total. The summed E-state index contributed by atoms with van der Waals surface area (Å²) in [6.07, 6.45) is 5.37. The summed E-state index contributed by atoms with van der Waals surface area (Å²) in [6, 6.07) is 6.01. The van der Waals surface area contributed by atoms with Crippen molar-refractivity contribution in [3.63, 3.8) is 0 Å². The molecular formula is C18H27NO. The van der Waals surface area contributed by atoms with Crippen molar-refractivity contribution in [1.82, 2.24) is 4.90 Å². The van der Waals surface area contributed by atoms with Crippen LogP contribution >= 0.6 is 0 Å². The van der Waals surface area contributed by atoms with Gasteiger partial charge in [-0.3, -0.25) is 9.69 Å². The highest BCUT2D eigenvalue weighted by Gasteiger charge is 2.24. The third-order valence-corrected chi connectivity index (χ3v) is 4.85. The largest absolute Gasteiger partial charge is 0.296 e. The molecule has 1 unspecified atom stereocenters. The van der Waals surface area contributed by atoms with Crippen LogP contribution in [0.1, 0.15) is 54.1 Å². The maximum atomic E-state index is 12.6. The van der Waals surface area contributed by atoms with Crippen LogP contribution in [-0.4, -0.2) is 30.3 Å². The topological polar surface area (TPSA) is 20.3 Å². The summed E-state index contributed by atoms with van der Waals surface area (Å²) in [5, 5.41) is 0. The van der Waals surface area contributed by atoms with Crippen LogP contribution in [0, 0.1) is 19.8 Å². The van der Waals surface area contributed by atoms with Gasteiger partial charge < -0.3 is 0 Å². The quantitative estimate of drug-likeness (QED) is 0.756. The monoisotopic (exact) mass is 273 g/mol. The first-order valence-corrected chi connectivity index (χ1v) is 7.80. The number of hydrogen-bond acceptors (Lipinski definition) is 2. The Bertz CT molecular complexity index is 474. The Balaban J connectivity index is 2.01. The molecule has 0 amide bonds. The molecule has 1 aromatic rings. The SMILES string of the molecule is Cc1ccc(C(=O)C(C)N(C)CC2CCCC2)cc1C. The zero-order chi connectivity index (χ0) is 14.7. The highest BCUT2D eigenvalue weighted by Crippen LogP contribution is 2.26. The number of Topliss-reactive ketones (excluding diaryl/α,β-unsaturated/α-hetero) is 1. The minimum Gasteiger partial charge on any atom is -0.296 e. The summed E-state index contributed by atoms with van der Waals surface area (Å²) >= 11 is 0. The zero-order valence-electron chi connectivity index (χ0n) is 13.3. The van der Waals surface area contributed by atoms with E-state index in [1.54, 1.807) is 0 Å². The van der Waals surface area contributed by atoms with Gasteiger partial charge in [-0.25, -0.2) is 0 Å². The summed E-state index contributed by atoms with van der Waals surface area (Å²) in [6.45, 7) is 7.24. The predicted octanol–water partition coefficient (Wildman–Crippen LogP) is 4.00. The summed E-state index contributed by atoms with van der Waals surface area (Å²) in [5.41, 5.74) is 3.29. The molecule has 1 aliphatic rings. The van der Waals surface area contributed by atoms with Crippen molar-refractivity contribution < 1.29 is 4.79 Å². The molecule has 20 heavy (non-hydrogen) atoms. The second-order valence-electron chi connectivity index (χ2n) is 6.43. The lowest BCUT2D eigenvalue weighted by Gasteiger charge is -2.26. The van der Waals surface area contributed by atoms with Crippen molar-refractivity contribution in [1.29, 1.82) is 0 Å². The molecule has 110 valence electrons. The van der Waals surface area contributed by atoms with Crippen LogP contribution in [0.4, 0.5) is 0 Å². The van der Waals surface area contributed by atoms with Crippen molar-refractivity contribution in [2.45, 2.75) is 52.5 Å². The Kier molecular flexibility index (Phi) is 4.98. The summed E-state index contributed by atoms with van der Waals surface area (Å²) in [4.78, 5) is 14.8. The molecule has 0 aromatic heterocycles. The zero-order valence-corrected chi connectivity index (χ0v) is 13.3. The van der Waals surface area contributed by atoms with E-state index in [2.05, 4.69) is 25.8 Å². The smallest absolute Gasteiger partial charge is 0.179 e. The van der Waals surface area contributed by atoms with Crippen LogP contribution in [-0.2, 0) is 0 Å². The van der Waals surface area contributed by atoms with E-state index in [9.17, 15) is 4.79 Å². The van der Waals surface area contributed by atoms with Crippen LogP contribution in [0.3, 0.4) is 0 Å². The second kappa shape index (κ2) is 6.53. The van der Waals surface area contributed by atoms with Crippen LogP contribution in [0.25, 0.3) is 0 Å². The Labute approximate surface area is 123 Å². The minimum atomic E-state index is -0.0299. The lowest BCUT2D eigenvalue weighted by atomic mass is 9.99. The van der Waals surface area contributed by atoms with E-state index in [1.165, 1.54) is 36.8 Å². The number of ketones is 1. The highest BCUT2D eigenvalue weighted by molar-refractivity contribution is 6.00. The predicted molar refractivity (Wildman–Crippen MR) is 84.3 cm³/mol. The molecule has 1 saturated carbocycles. The summed E-state index contributed by atoms with van der Waals surface area (Å²) in [5.74, 6) is 1.03. The van der Waals surface area contributed by atoms with Crippen LogP contribution in [0.2, 0.25) is 0 Å². The molecule has 2 rings (SSSR count). The van der Waals surface area contributed by atoms with Gasteiger partial charge in [-0.15, -0.1) is 0 Å². The Morgan fingerprint density at radius 2 is 1.90 bits per heavy atom. The van der Waals surface area contributed by atoms with E-state index in [4.69, 9.17) is 0 Å². The first kappa shape index (κ1) is 15.2. The Morgan fingerprint density at radius 1 is 1.25 bits per heavy atom. The van der Waals surface area contributed by atoms with Crippen LogP contribution in [0.5, 0.6) is 0 Å². The van der Waals surface area contributed by atoms with Crippen molar-refractivity contribution in [2.24, 2.45) is 5.92 Å². The van der Waals surface area contributed by atoms with Gasteiger partial charge in [0.1, 0.15) is 0 Å². The standard InChI is InChI=1S/C18H27NO/c1-13-9-10-17(11-14(13)2)18(20)15(3)19(4)12-16-7-5-6-8-16/h9-11,15-16H,5-8,12H2,1-4H3. The molecule has 0 saturated heterocycles.